The minimum absolute atomic E-state index is 0.00712. The Morgan fingerprint density at radius 3 is 2.33 bits per heavy atom. The number of carbonyl (C=O) groups is 2. The Hall–Kier alpha value is -3.42. The summed E-state index contributed by atoms with van der Waals surface area (Å²) in [6, 6.07) is 5.41. The molecule has 2 rings (SSSR count). The first-order chi connectivity index (χ1) is 15.5. The number of nitrogens with zero attached hydrogens (tertiary/aromatic N) is 2. The number of nitrogens with one attached hydrogen (secondary N) is 3. The van der Waals surface area contributed by atoms with Gasteiger partial charge in [-0.05, 0) is 37.1 Å². The number of sulfonamides is 1. The Morgan fingerprint density at radius 2 is 1.70 bits per heavy atom. The maximum Gasteiger partial charge on any atom is 0.471 e. The summed E-state index contributed by atoms with van der Waals surface area (Å²) in [5.74, 6) is -2.40. The highest BCUT2D eigenvalue weighted by molar-refractivity contribution is 7.92. The molecular weight excluding hydrogens is 467 g/mol. The molecule has 0 unspecified atom stereocenters. The number of hydrogen-bond donors (Lipinski definition) is 3. The van der Waals surface area contributed by atoms with E-state index < -0.39 is 22.1 Å². The molecule has 2 aromatic rings. The summed E-state index contributed by atoms with van der Waals surface area (Å²) in [6.45, 7) is -0.135. The van der Waals surface area contributed by atoms with Gasteiger partial charge in [0.05, 0.1) is 12.0 Å². The molecular formula is C19H22F3N5O5S. The SMILES string of the molecule is COc1nccnc1NS(=O)(=O)c1ccc(NC(=O)CCCCCNC(=O)C(F)(F)F)cc1. The van der Waals surface area contributed by atoms with Crippen LogP contribution >= 0.6 is 0 Å². The lowest BCUT2D eigenvalue weighted by Gasteiger charge is -2.10. The number of carbonyl (C=O) groups excluding carboxylic acids is 2. The first-order valence-corrected chi connectivity index (χ1v) is 11.1. The van der Waals surface area contributed by atoms with Gasteiger partial charge in [-0.3, -0.25) is 14.3 Å². The van der Waals surface area contributed by atoms with Gasteiger partial charge in [0.15, 0.2) is 0 Å². The topological polar surface area (TPSA) is 139 Å². The Labute approximate surface area is 188 Å². The van der Waals surface area contributed by atoms with Crippen LogP contribution in [0.25, 0.3) is 0 Å². The average Bonchev–Trinajstić information content (AvgIpc) is 2.75. The third-order valence-corrected chi connectivity index (χ3v) is 5.52. The maximum atomic E-state index is 12.5. The van der Waals surface area contributed by atoms with Gasteiger partial charge < -0.3 is 15.4 Å². The maximum absolute atomic E-state index is 12.5. The monoisotopic (exact) mass is 489 g/mol. The summed E-state index contributed by atoms with van der Waals surface area (Å²) in [5.41, 5.74) is 0.369. The van der Waals surface area contributed by atoms with Crippen molar-refractivity contribution in [3.8, 4) is 5.88 Å². The summed E-state index contributed by atoms with van der Waals surface area (Å²) in [7, 11) is -2.65. The summed E-state index contributed by atoms with van der Waals surface area (Å²) in [4.78, 5) is 30.3. The number of halogens is 3. The van der Waals surface area contributed by atoms with Crippen LogP contribution in [0.3, 0.4) is 0 Å². The number of methoxy groups -OCH3 is 1. The van der Waals surface area contributed by atoms with Crippen molar-refractivity contribution in [2.24, 2.45) is 0 Å². The van der Waals surface area contributed by atoms with Gasteiger partial charge in [0.2, 0.25) is 11.7 Å². The number of rotatable bonds is 11. The predicted molar refractivity (Wildman–Crippen MR) is 112 cm³/mol. The lowest BCUT2D eigenvalue weighted by Crippen LogP contribution is -2.37. The van der Waals surface area contributed by atoms with Crippen LogP contribution in [0, 0.1) is 0 Å². The molecule has 180 valence electrons. The molecule has 0 atom stereocenters. The number of anilines is 2. The van der Waals surface area contributed by atoms with Crippen LogP contribution in [-0.4, -0.2) is 50.0 Å². The molecule has 3 N–H and O–H groups in total. The number of alkyl halides is 3. The van der Waals surface area contributed by atoms with Crippen molar-refractivity contribution < 1.29 is 35.9 Å². The number of benzene rings is 1. The van der Waals surface area contributed by atoms with Crippen LogP contribution in [0.4, 0.5) is 24.7 Å². The van der Waals surface area contributed by atoms with E-state index in [4.69, 9.17) is 4.74 Å². The van der Waals surface area contributed by atoms with Gasteiger partial charge in [-0.1, -0.05) is 6.42 Å². The van der Waals surface area contributed by atoms with E-state index in [1.165, 1.54) is 43.8 Å². The molecule has 0 aliphatic rings. The van der Waals surface area contributed by atoms with E-state index in [9.17, 15) is 31.2 Å². The van der Waals surface area contributed by atoms with E-state index >= 15 is 0 Å². The summed E-state index contributed by atoms with van der Waals surface area (Å²) >= 11 is 0. The molecule has 0 aliphatic carbocycles. The van der Waals surface area contributed by atoms with Crippen LogP contribution in [-0.2, 0) is 19.6 Å². The predicted octanol–water partition coefficient (Wildman–Crippen LogP) is 2.46. The smallest absolute Gasteiger partial charge is 0.471 e. The zero-order valence-corrected chi connectivity index (χ0v) is 18.3. The standard InChI is InChI=1S/C19H22F3N5O5S/c1-32-17-16(23-11-12-24-17)27-33(30,31)14-8-6-13(7-9-14)26-15(28)5-3-2-4-10-25-18(29)19(20,21)22/h6-9,11-12H,2-5,10H2,1H3,(H,23,27)(H,25,29)(H,26,28). The average molecular weight is 489 g/mol. The second-order valence-electron chi connectivity index (χ2n) is 6.66. The number of ether oxygens (including phenoxy) is 1. The molecule has 0 bridgehead atoms. The highest BCUT2D eigenvalue weighted by atomic mass is 32.2. The Bertz CT molecular complexity index is 1060. The van der Waals surface area contributed by atoms with E-state index in [0.29, 0.717) is 24.9 Å². The van der Waals surface area contributed by atoms with Crippen molar-refractivity contribution in [3.05, 3.63) is 36.7 Å². The largest absolute Gasteiger partial charge is 0.478 e. The van der Waals surface area contributed by atoms with Crippen LogP contribution < -0.4 is 20.1 Å². The van der Waals surface area contributed by atoms with Gasteiger partial charge in [0.25, 0.3) is 15.9 Å². The first kappa shape index (κ1) is 25.8. The molecule has 1 aromatic heterocycles. The molecule has 0 aliphatic heterocycles. The zero-order chi connectivity index (χ0) is 24.5. The van der Waals surface area contributed by atoms with E-state index in [-0.39, 0.29) is 35.5 Å². The normalized spacial score (nSPS) is 11.5. The van der Waals surface area contributed by atoms with E-state index in [0.717, 1.165) is 0 Å². The minimum Gasteiger partial charge on any atom is -0.478 e. The number of unbranched alkanes of at least 4 members (excludes halogenated alkanes) is 2. The van der Waals surface area contributed by atoms with Crippen LogP contribution in [0.5, 0.6) is 5.88 Å². The van der Waals surface area contributed by atoms with Crippen molar-refractivity contribution >= 4 is 33.3 Å². The molecule has 0 fully saturated rings. The van der Waals surface area contributed by atoms with Crippen molar-refractivity contribution in [1.82, 2.24) is 15.3 Å². The second kappa shape index (κ2) is 11.4. The van der Waals surface area contributed by atoms with Crippen LogP contribution in [0.2, 0.25) is 0 Å². The van der Waals surface area contributed by atoms with Crippen molar-refractivity contribution in [3.63, 3.8) is 0 Å². The van der Waals surface area contributed by atoms with E-state index in [1.807, 2.05) is 0 Å². The molecule has 14 heteroatoms. The van der Waals surface area contributed by atoms with Crippen molar-refractivity contribution in [2.75, 3.05) is 23.7 Å². The molecule has 0 saturated heterocycles. The minimum atomic E-state index is -4.91. The quantitative estimate of drug-likeness (QED) is 0.412. The number of amides is 2. The summed E-state index contributed by atoms with van der Waals surface area (Å²) in [5, 5.41) is 4.36. The lowest BCUT2D eigenvalue weighted by molar-refractivity contribution is -0.173. The summed E-state index contributed by atoms with van der Waals surface area (Å²) in [6.07, 6.45) is -0.998. The Morgan fingerprint density at radius 1 is 1.03 bits per heavy atom. The van der Waals surface area contributed by atoms with Gasteiger partial charge in [0, 0.05) is 31.0 Å². The molecule has 0 spiro atoms. The lowest BCUT2D eigenvalue weighted by atomic mass is 10.2. The third kappa shape index (κ3) is 8.21. The van der Waals surface area contributed by atoms with E-state index in [2.05, 4.69) is 20.0 Å². The van der Waals surface area contributed by atoms with Crippen molar-refractivity contribution in [2.45, 2.75) is 36.8 Å². The van der Waals surface area contributed by atoms with Crippen LogP contribution in [0.1, 0.15) is 25.7 Å². The zero-order valence-electron chi connectivity index (χ0n) is 17.5. The molecule has 33 heavy (non-hydrogen) atoms. The number of aromatic nitrogens is 2. The second-order valence-corrected chi connectivity index (χ2v) is 8.34. The number of hydrogen-bond acceptors (Lipinski definition) is 7. The fourth-order valence-electron chi connectivity index (χ4n) is 2.56. The van der Waals surface area contributed by atoms with Gasteiger partial charge in [-0.15, -0.1) is 0 Å². The van der Waals surface area contributed by atoms with Crippen molar-refractivity contribution in [1.29, 1.82) is 0 Å². The van der Waals surface area contributed by atoms with E-state index in [1.54, 1.807) is 5.32 Å². The molecule has 0 saturated carbocycles. The Balaban J connectivity index is 1.79. The van der Waals surface area contributed by atoms with Gasteiger partial charge in [0.1, 0.15) is 0 Å². The highest BCUT2D eigenvalue weighted by Gasteiger charge is 2.38. The molecule has 1 heterocycles. The molecule has 10 nitrogen and oxygen atoms in total. The fourth-order valence-corrected chi connectivity index (χ4v) is 3.57. The van der Waals surface area contributed by atoms with Gasteiger partial charge in [-0.25, -0.2) is 18.4 Å². The molecule has 0 radical (unpaired) electrons. The van der Waals surface area contributed by atoms with Crippen LogP contribution in [0.15, 0.2) is 41.6 Å². The summed E-state index contributed by atoms with van der Waals surface area (Å²) < 4.78 is 68.4. The third-order valence-electron chi connectivity index (χ3n) is 4.16. The highest BCUT2D eigenvalue weighted by Crippen LogP contribution is 2.22. The molecule has 2 amide bonds. The Kier molecular flexibility index (Phi) is 8.96. The van der Waals surface area contributed by atoms with Gasteiger partial charge in [-0.2, -0.15) is 13.2 Å². The fraction of sp³-hybridized carbons (Fsp3) is 0.368. The van der Waals surface area contributed by atoms with Gasteiger partial charge >= 0.3 is 12.1 Å². The molecule has 1 aromatic carbocycles. The first-order valence-electron chi connectivity index (χ1n) is 9.65.